The Bertz CT molecular complexity index is 348. The maximum absolute atomic E-state index is 12.3. The summed E-state index contributed by atoms with van der Waals surface area (Å²) >= 11 is 0. The number of carbonyl (C=O) groups excluding carboxylic acids is 1. The van der Waals surface area contributed by atoms with E-state index in [1.54, 1.807) is 0 Å². The van der Waals surface area contributed by atoms with Crippen molar-refractivity contribution in [2.24, 2.45) is 5.92 Å². The highest BCUT2D eigenvalue weighted by atomic mass is 16.6. The second-order valence-electron chi connectivity index (χ2n) is 6.24. The minimum atomic E-state index is -0.900. The van der Waals surface area contributed by atoms with Gasteiger partial charge >= 0.3 is 11.9 Å². The molecule has 0 saturated heterocycles. The minimum Gasteiger partial charge on any atom is -0.480 e. The van der Waals surface area contributed by atoms with Crippen molar-refractivity contribution in [2.45, 2.75) is 64.5 Å². The van der Waals surface area contributed by atoms with Crippen molar-refractivity contribution < 1.29 is 19.4 Å². The summed E-state index contributed by atoms with van der Waals surface area (Å²) in [5, 5.41) is 11.9. The number of esters is 1. The second-order valence-corrected chi connectivity index (χ2v) is 6.24. The first-order valence-corrected chi connectivity index (χ1v) is 6.90. The van der Waals surface area contributed by atoms with Crippen LogP contribution < -0.4 is 5.32 Å². The quantitative estimate of drug-likeness (QED) is 0.747. The summed E-state index contributed by atoms with van der Waals surface area (Å²) in [4.78, 5) is 23.0. The van der Waals surface area contributed by atoms with Gasteiger partial charge in [-0.1, -0.05) is 13.3 Å². The van der Waals surface area contributed by atoms with Crippen LogP contribution >= 0.6 is 0 Å². The molecule has 0 heterocycles. The zero-order chi connectivity index (χ0) is 14.7. The number of hydrogen-bond donors (Lipinski definition) is 2. The van der Waals surface area contributed by atoms with Gasteiger partial charge in [0, 0.05) is 5.54 Å². The molecule has 1 fully saturated rings. The summed E-state index contributed by atoms with van der Waals surface area (Å²) in [7, 11) is 0. The van der Waals surface area contributed by atoms with Crippen molar-refractivity contribution in [3.05, 3.63) is 0 Å². The summed E-state index contributed by atoms with van der Waals surface area (Å²) in [5.41, 5.74) is -0.938. The molecule has 0 aliphatic heterocycles. The Kier molecular flexibility index (Phi) is 4.96. The summed E-state index contributed by atoms with van der Waals surface area (Å²) in [6.45, 7) is 7.40. The fraction of sp³-hybridized carbons (Fsp3) is 0.857. The lowest BCUT2D eigenvalue weighted by atomic mass is 9.84. The lowest BCUT2D eigenvalue weighted by Gasteiger charge is -2.35. The van der Waals surface area contributed by atoms with Crippen LogP contribution in [0.1, 0.15) is 53.4 Å². The Hall–Kier alpha value is -1.10. The van der Waals surface area contributed by atoms with E-state index in [1.165, 1.54) is 0 Å². The van der Waals surface area contributed by atoms with Gasteiger partial charge in [0.1, 0.15) is 5.60 Å². The van der Waals surface area contributed by atoms with Crippen molar-refractivity contribution >= 4 is 11.9 Å². The van der Waals surface area contributed by atoms with Crippen LogP contribution in [0.25, 0.3) is 0 Å². The van der Waals surface area contributed by atoms with Gasteiger partial charge in [0.25, 0.3) is 0 Å². The standard InChI is InChI=1S/C14H25NO4/c1-5-14(15-9-11(16)17)8-6-7-10(14)12(18)19-13(2,3)4/h10,15H,5-9H2,1-4H3,(H,16,17). The first-order valence-electron chi connectivity index (χ1n) is 6.90. The number of nitrogens with one attached hydrogen (secondary N) is 1. The van der Waals surface area contributed by atoms with Crippen molar-refractivity contribution in [3.63, 3.8) is 0 Å². The molecule has 1 aliphatic carbocycles. The molecule has 0 bridgehead atoms. The molecular formula is C14H25NO4. The van der Waals surface area contributed by atoms with Gasteiger partial charge in [-0.25, -0.2) is 0 Å². The van der Waals surface area contributed by atoms with Crippen LogP contribution in [0.3, 0.4) is 0 Å². The predicted octanol–water partition coefficient (Wildman–Crippen LogP) is 1.95. The van der Waals surface area contributed by atoms with Gasteiger partial charge in [0.15, 0.2) is 0 Å². The fourth-order valence-electron chi connectivity index (χ4n) is 2.80. The summed E-state index contributed by atoms with van der Waals surface area (Å²) in [6, 6.07) is 0. The van der Waals surface area contributed by atoms with E-state index in [1.807, 2.05) is 27.7 Å². The number of ether oxygens (including phenoxy) is 1. The monoisotopic (exact) mass is 271 g/mol. The number of carboxylic acids is 1. The van der Waals surface area contributed by atoms with Gasteiger partial charge in [-0.15, -0.1) is 0 Å². The second kappa shape index (κ2) is 5.90. The first kappa shape index (κ1) is 16.0. The van der Waals surface area contributed by atoms with Crippen LogP contribution in [0.4, 0.5) is 0 Å². The van der Waals surface area contributed by atoms with Crippen molar-refractivity contribution in [3.8, 4) is 0 Å². The molecule has 1 rings (SSSR count). The maximum atomic E-state index is 12.3. The average molecular weight is 271 g/mol. The molecule has 2 atom stereocenters. The Morgan fingerprint density at radius 1 is 1.42 bits per heavy atom. The highest BCUT2D eigenvalue weighted by Crippen LogP contribution is 2.39. The Morgan fingerprint density at radius 3 is 2.53 bits per heavy atom. The normalized spacial score (nSPS) is 27.3. The van der Waals surface area contributed by atoms with E-state index in [0.29, 0.717) is 0 Å². The molecule has 19 heavy (non-hydrogen) atoms. The van der Waals surface area contributed by atoms with Gasteiger partial charge in [-0.05, 0) is 40.0 Å². The molecule has 1 saturated carbocycles. The average Bonchev–Trinajstić information content (AvgIpc) is 2.68. The molecule has 2 N–H and O–H groups in total. The molecule has 2 unspecified atom stereocenters. The molecular weight excluding hydrogens is 246 g/mol. The van der Waals surface area contributed by atoms with Gasteiger partial charge < -0.3 is 15.2 Å². The van der Waals surface area contributed by atoms with Gasteiger partial charge in [-0.3, -0.25) is 9.59 Å². The van der Waals surface area contributed by atoms with Gasteiger partial charge in [-0.2, -0.15) is 0 Å². The van der Waals surface area contributed by atoms with Crippen LogP contribution in [0.5, 0.6) is 0 Å². The van der Waals surface area contributed by atoms with Crippen LogP contribution in [0.15, 0.2) is 0 Å². The molecule has 0 spiro atoms. The molecule has 0 aromatic heterocycles. The Morgan fingerprint density at radius 2 is 2.05 bits per heavy atom. The molecule has 0 aromatic carbocycles. The minimum absolute atomic E-state index is 0.118. The summed E-state index contributed by atoms with van der Waals surface area (Å²) in [6.07, 6.45) is 3.23. The molecule has 0 aromatic rings. The molecule has 110 valence electrons. The third-order valence-corrected chi connectivity index (χ3v) is 3.70. The lowest BCUT2D eigenvalue weighted by molar-refractivity contribution is -0.162. The molecule has 5 heteroatoms. The molecule has 1 aliphatic rings. The third-order valence-electron chi connectivity index (χ3n) is 3.70. The van der Waals surface area contributed by atoms with Crippen LogP contribution in [-0.2, 0) is 14.3 Å². The van der Waals surface area contributed by atoms with Crippen LogP contribution in [-0.4, -0.2) is 34.7 Å². The maximum Gasteiger partial charge on any atom is 0.317 e. The number of carboxylic acid groups (broad SMARTS) is 1. The van der Waals surface area contributed by atoms with E-state index in [4.69, 9.17) is 9.84 Å². The molecule has 0 amide bonds. The fourth-order valence-corrected chi connectivity index (χ4v) is 2.80. The largest absolute Gasteiger partial charge is 0.480 e. The highest BCUT2D eigenvalue weighted by molar-refractivity contribution is 5.75. The summed E-state index contributed by atoms with van der Waals surface area (Å²) < 4.78 is 5.46. The van der Waals surface area contributed by atoms with E-state index in [2.05, 4.69) is 5.32 Å². The highest BCUT2D eigenvalue weighted by Gasteiger charge is 2.46. The van der Waals surface area contributed by atoms with Crippen molar-refractivity contribution in [1.29, 1.82) is 0 Å². The smallest absolute Gasteiger partial charge is 0.317 e. The SMILES string of the molecule is CCC1(NCC(=O)O)CCCC1C(=O)OC(C)(C)C. The number of hydrogen-bond acceptors (Lipinski definition) is 4. The zero-order valence-corrected chi connectivity index (χ0v) is 12.3. The van der Waals surface area contributed by atoms with Gasteiger partial charge in [0.2, 0.25) is 0 Å². The van der Waals surface area contributed by atoms with Gasteiger partial charge in [0.05, 0.1) is 12.5 Å². The van der Waals surface area contributed by atoms with Crippen LogP contribution in [0, 0.1) is 5.92 Å². The van der Waals surface area contributed by atoms with E-state index in [9.17, 15) is 9.59 Å². The predicted molar refractivity (Wildman–Crippen MR) is 71.8 cm³/mol. The van der Waals surface area contributed by atoms with E-state index < -0.39 is 17.1 Å². The van der Waals surface area contributed by atoms with E-state index in [0.717, 1.165) is 25.7 Å². The zero-order valence-electron chi connectivity index (χ0n) is 12.3. The Balaban J connectivity index is 2.79. The molecule has 5 nitrogen and oxygen atoms in total. The van der Waals surface area contributed by atoms with Crippen molar-refractivity contribution in [1.82, 2.24) is 5.32 Å². The number of rotatable bonds is 5. The molecule has 0 radical (unpaired) electrons. The van der Waals surface area contributed by atoms with E-state index in [-0.39, 0.29) is 18.4 Å². The Labute approximate surface area is 114 Å². The summed E-state index contributed by atoms with van der Waals surface area (Å²) in [5.74, 6) is -1.37. The number of carbonyl (C=O) groups is 2. The topological polar surface area (TPSA) is 75.6 Å². The first-order chi connectivity index (χ1) is 8.70. The van der Waals surface area contributed by atoms with Crippen molar-refractivity contribution in [2.75, 3.05) is 6.54 Å². The third kappa shape index (κ3) is 4.20. The van der Waals surface area contributed by atoms with Crippen LogP contribution in [0.2, 0.25) is 0 Å². The van der Waals surface area contributed by atoms with E-state index >= 15 is 0 Å². The number of aliphatic carboxylic acids is 1. The lowest BCUT2D eigenvalue weighted by Crippen LogP contribution is -2.53.